The normalized spacial score (nSPS) is 21.9. The molecule has 9 nitrogen and oxygen atoms in total. The minimum Gasteiger partial charge on any atom is -0.432 e. The molecule has 3 aliphatic heterocycles. The smallest absolute Gasteiger partial charge is 0.328 e. The van der Waals surface area contributed by atoms with Crippen molar-refractivity contribution in [1.82, 2.24) is 19.7 Å². The van der Waals surface area contributed by atoms with E-state index in [9.17, 15) is 14.4 Å². The number of likely N-dealkylation sites (tertiary alicyclic amines) is 1. The van der Waals surface area contributed by atoms with Gasteiger partial charge < -0.3 is 19.1 Å². The Morgan fingerprint density at radius 3 is 2.45 bits per heavy atom. The molecule has 0 saturated carbocycles. The molecular weight excluding hydrogens is 374 g/mol. The number of amides is 4. The number of rotatable bonds is 5. The lowest BCUT2D eigenvalue weighted by molar-refractivity contribution is -0.140. The summed E-state index contributed by atoms with van der Waals surface area (Å²) < 4.78 is 5.38. The Kier molecular flexibility index (Phi) is 5.23. The molecule has 1 aromatic rings. The highest BCUT2D eigenvalue weighted by Crippen LogP contribution is 2.38. The fourth-order valence-electron chi connectivity index (χ4n) is 4.67. The third-order valence-corrected chi connectivity index (χ3v) is 6.20. The fourth-order valence-corrected chi connectivity index (χ4v) is 4.67. The molecule has 0 atom stereocenters. The third kappa shape index (κ3) is 3.47. The van der Waals surface area contributed by atoms with Crippen LogP contribution in [0.3, 0.4) is 0 Å². The maximum absolute atomic E-state index is 13.5. The Morgan fingerprint density at radius 1 is 1.17 bits per heavy atom. The van der Waals surface area contributed by atoms with Crippen LogP contribution in [0.2, 0.25) is 0 Å². The van der Waals surface area contributed by atoms with E-state index in [2.05, 4.69) is 4.98 Å². The van der Waals surface area contributed by atoms with Gasteiger partial charge in [-0.05, 0) is 31.6 Å². The molecule has 3 saturated heterocycles. The SMILES string of the molecule is CC(C)CN1C(=O)N(CC(=O)N2CCCC2)C(=O)C12CCN(c1ncco1)CC2. The molecule has 0 N–H and O–H groups in total. The van der Waals surface area contributed by atoms with Crippen LogP contribution < -0.4 is 4.90 Å². The molecule has 29 heavy (non-hydrogen) atoms. The quantitative estimate of drug-likeness (QED) is 0.693. The second kappa shape index (κ2) is 7.68. The Bertz CT molecular complexity index is 764. The van der Waals surface area contributed by atoms with E-state index in [0.717, 1.165) is 12.8 Å². The predicted molar refractivity (Wildman–Crippen MR) is 105 cm³/mol. The summed E-state index contributed by atoms with van der Waals surface area (Å²) in [6, 6.07) is 0.203. The van der Waals surface area contributed by atoms with Crippen LogP contribution in [0.5, 0.6) is 0 Å². The van der Waals surface area contributed by atoms with Gasteiger partial charge in [0.05, 0.1) is 6.20 Å². The van der Waals surface area contributed by atoms with Gasteiger partial charge in [0.1, 0.15) is 18.3 Å². The van der Waals surface area contributed by atoms with Crippen molar-refractivity contribution in [3.8, 4) is 0 Å². The summed E-state index contributed by atoms with van der Waals surface area (Å²) in [6.45, 7) is 6.97. The number of carbonyl (C=O) groups excluding carboxylic acids is 3. The summed E-state index contributed by atoms with van der Waals surface area (Å²) in [5, 5.41) is 0. The Balaban J connectivity index is 1.53. The molecule has 4 amide bonds. The van der Waals surface area contributed by atoms with Crippen molar-refractivity contribution in [2.75, 3.05) is 44.2 Å². The summed E-state index contributed by atoms with van der Waals surface area (Å²) in [6.07, 6.45) is 6.09. The molecular formula is C20H29N5O4. The van der Waals surface area contributed by atoms with Gasteiger partial charge in [-0.15, -0.1) is 0 Å². The summed E-state index contributed by atoms with van der Waals surface area (Å²) in [4.78, 5) is 50.1. The van der Waals surface area contributed by atoms with Crippen LogP contribution in [-0.4, -0.2) is 82.3 Å². The number of aromatic nitrogens is 1. The molecule has 0 bridgehead atoms. The number of urea groups is 1. The molecule has 4 heterocycles. The van der Waals surface area contributed by atoms with Crippen molar-refractivity contribution < 1.29 is 18.8 Å². The number of hydrogen-bond acceptors (Lipinski definition) is 6. The van der Waals surface area contributed by atoms with Gasteiger partial charge in [-0.25, -0.2) is 9.78 Å². The van der Waals surface area contributed by atoms with Crippen molar-refractivity contribution in [3.05, 3.63) is 12.5 Å². The first-order valence-corrected chi connectivity index (χ1v) is 10.5. The number of imide groups is 1. The average molecular weight is 403 g/mol. The van der Waals surface area contributed by atoms with Crippen LogP contribution in [0.1, 0.15) is 39.5 Å². The van der Waals surface area contributed by atoms with Crippen LogP contribution in [0, 0.1) is 5.92 Å². The maximum atomic E-state index is 13.5. The monoisotopic (exact) mass is 403 g/mol. The first kappa shape index (κ1) is 19.7. The van der Waals surface area contributed by atoms with Gasteiger partial charge in [-0.1, -0.05) is 13.8 Å². The first-order chi connectivity index (χ1) is 13.9. The van der Waals surface area contributed by atoms with E-state index in [1.165, 1.54) is 11.2 Å². The summed E-state index contributed by atoms with van der Waals surface area (Å²) >= 11 is 0. The van der Waals surface area contributed by atoms with E-state index in [-0.39, 0.29) is 30.3 Å². The molecule has 9 heteroatoms. The molecule has 3 aliphatic rings. The lowest BCUT2D eigenvalue weighted by Gasteiger charge is -2.42. The van der Waals surface area contributed by atoms with Gasteiger partial charge >= 0.3 is 6.03 Å². The number of piperidine rings is 1. The Hall–Kier alpha value is -2.58. The van der Waals surface area contributed by atoms with Crippen molar-refractivity contribution in [2.24, 2.45) is 5.92 Å². The van der Waals surface area contributed by atoms with Crippen molar-refractivity contribution in [1.29, 1.82) is 0 Å². The van der Waals surface area contributed by atoms with Crippen molar-refractivity contribution in [2.45, 2.75) is 45.1 Å². The van der Waals surface area contributed by atoms with Crippen molar-refractivity contribution in [3.63, 3.8) is 0 Å². The second-order valence-electron chi connectivity index (χ2n) is 8.60. The summed E-state index contributed by atoms with van der Waals surface area (Å²) in [5.41, 5.74) is -0.879. The minimum absolute atomic E-state index is 0.136. The van der Waals surface area contributed by atoms with Crippen LogP contribution in [0.4, 0.5) is 10.8 Å². The molecule has 3 fully saturated rings. The van der Waals surface area contributed by atoms with Crippen LogP contribution in [0.25, 0.3) is 0 Å². The molecule has 158 valence electrons. The van der Waals surface area contributed by atoms with E-state index in [1.807, 2.05) is 18.7 Å². The van der Waals surface area contributed by atoms with Gasteiger partial charge in [-0.2, -0.15) is 0 Å². The highest BCUT2D eigenvalue weighted by Gasteiger charge is 2.58. The third-order valence-electron chi connectivity index (χ3n) is 6.20. The molecule has 0 aliphatic carbocycles. The first-order valence-electron chi connectivity index (χ1n) is 10.5. The molecule has 1 spiro atoms. The van der Waals surface area contributed by atoms with Crippen LogP contribution in [-0.2, 0) is 9.59 Å². The number of anilines is 1. The predicted octanol–water partition coefficient (Wildman–Crippen LogP) is 1.56. The number of hydrogen-bond donors (Lipinski definition) is 0. The van der Waals surface area contributed by atoms with E-state index < -0.39 is 5.54 Å². The second-order valence-corrected chi connectivity index (χ2v) is 8.60. The van der Waals surface area contributed by atoms with Gasteiger partial charge in [-0.3, -0.25) is 14.5 Å². The topological polar surface area (TPSA) is 90.2 Å². The largest absolute Gasteiger partial charge is 0.432 e. The van der Waals surface area contributed by atoms with E-state index in [0.29, 0.717) is 51.6 Å². The lowest BCUT2D eigenvalue weighted by atomic mass is 9.85. The van der Waals surface area contributed by atoms with Gasteiger partial charge in [0.25, 0.3) is 11.9 Å². The lowest BCUT2D eigenvalue weighted by Crippen LogP contribution is -2.57. The van der Waals surface area contributed by atoms with Crippen LogP contribution in [0.15, 0.2) is 16.9 Å². The molecule has 0 radical (unpaired) electrons. The van der Waals surface area contributed by atoms with Crippen molar-refractivity contribution >= 4 is 23.9 Å². The zero-order valence-corrected chi connectivity index (χ0v) is 17.2. The highest BCUT2D eigenvalue weighted by atomic mass is 16.4. The van der Waals surface area contributed by atoms with E-state index in [4.69, 9.17) is 4.42 Å². The molecule has 4 rings (SSSR count). The minimum atomic E-state index is -0.879. The summed E-state index contributed by atoms with van der Waals surface area (Å²) in [5.74, 6) is -0.145. The zero-order valence-electron chi connectivity index (χ0n) is 17.2. The standard InChI is InChI=1S/C20H29N5O4/c1-15(2)13-25-19(28)24(14-16(26)22-8-3-4-9-22)17(27)20(25)5-10-23(11-6-20)18-21-7-12-29-18/h7,12,15H,3-6,8-11,13-14H2,1-2H3. The summed E-state index contributed by atoms with van der Waals surface area (Å²) in [7, 11) is 0. The van der Waals surface area contributed by atoms with Gasteiger partial charge in [0.2, 0.25) is 5.91 Å². The molecule has 0 unspecified atom stereocenters. The van der Waals surface area contributed by atoms with E-state index >= 15 is 0 Å². The van der Waals surface area contributed by atoms with Crippen LogP contribution >= 0.6 is 0 Å². The maximum Gasteiger partial charge on any atom is 0.328 e. The zero-order chi connectivity index (χ0) is 20.6. The van der Waals surface area contributed by atoms with Gasteiger partial charge in [0, 0.05) is 32.7 Å². The Labute approximate surface area is 170 Å². The number of nitrogens with zero attached hydrogens (tertiary/aromatic N) is 5. The average Bonchev–Trinajstić information content (AvgIpc) is 3.45. The van der Waals surface area contributed by atoms with E-state index in [1.54, 1.807) is 16.0 Å². The molecule has 1 aromatic heterocycles. The highest BCUT2D eigenvalue weighted by molar-refractivity contribution is 6.09. The number of oxazole rings is 1. The fraction of sp³-hybridized carbons (Fsp3) is 0.700. The Morgan fingerprint density at radius 2 is 1.86 bits per heavy atom. The number of carbonyl (C=O) groups is 3. The molecule has 0 aromatic carbocycles. The van der Waals surface area contributed by atoms with Gasteiger partial charge in [0.15, 0.2) is 0 Å².